The van der Waals surface area contributed by atoms with Crippen molar-refractivity contribution in [3.8, 4) is 0 Å². The molecule has 0 radical (unpaired) electrons. The van der Waals surface area contributed by atoms with Gasteiger partial charge in [0, 0.05) is 4.47 Å². The van der Waals surface area contributed by atoms with Crippen LogP contribution in [0.15, 0.2) is 31.9 Å². The van der Waals surface area contributed by atoms with Gasteiger partial charge in [-0.1, -0.05) is 15.9 Å². The van der Waals surface area contributed by atoms with E-state index in [0.717, 1.165) is 4.47 Å². The van der Waals surface area contributed by atoms with E-state index < -0.39 is 0 Å². The largest absolute Gasteiger partial charge is 0.420 e. The molecule has 4 heteroatoms. The topological polar surface area (TPSA) is 43.1 Å². The molecule has 0 saturated carbocycles. The molecule has 0 aliphatic rings. The summed E-state index contributed by atoms with van der Waals surface area (Å²) in [7, 11) is 0. The predicted octanol–water partition coefficient (Wildman–Crippen LogP) is 2.26. The molecule has 3 nitrogen and oxygen atoms in total. The van der Waals surface area contributed by atoms with Crippen molar-refractivity contribution in [3.05, 3.63) is 38.8 Å². The third kappa shape index (κ3) is 1.49. The zero-order chi connectivity index (χ0) is 9.42. The first kappa shape index (κ1) is 8.44. The summed E-state index contributed by atoms with van der Waals surface area (Å²) in [6.45, 7) is 1.63. The van der Waals surface area contributed by atoms with Crippen LogP contribution in [0.2, 0.25) is 0 Å². The average molecular weight is 240 g/mol. The van der Waals surface area contributed by atoms with Gasteiger partial charge in [0.05, 0.1) is 0 Å². The molecule has 0 aliphatic heterocycles. The van der Waals surface area contributed by atoms with Gasteiger partial charge in [0.1, 0.15) is 11.2 Å². The van der Waals surface area contributed by atoms with Crippen LogP contribution in [0.1, 0.15) is 5.69 Å². The van der Waals surface area contributed by atoms with Crippen molar-refractivity contribution in [2.75, 3.05) is 0 Å². The number of benzene rings is 1. The van der Waals surface area contributed by atoms with Crippen molar-refractivity contribution in [1.29, 1.82) is 0 Å². The fourth-order valence-corrected chi connectivity index (χ4v) is 1.41. The van der Waals surface area contributed by atoms with Gasteiger partial charge in [0.2, 0.25) is 0 Å². The van der Waals surface area contributed by atoms with E-state index >= 15 is 0 Å². The second-order valence-electron chi connectivity index (χ2n) is 2.70. The number of aryl methyl sites for hydroxylation is 1. The summed E-state index contributed by atoms with van der Waals surface area (Å²) < 4.78 is 5.93. The molecule has 0 bridgehead atoms. The van der Waals surface area contributed by atoms with Crippen LogP contribution in [0.3, 0.4) is 0 Å². The number of hydrogen-bond donors (Lipinski definition) is 0. The molecule has 0 aliphatic carbocycles. The zero-order valence-electron chi connectivity index (χ0n) is 6.87. The first-order chi connectivity index (χ1) is 6.16. The molecule has 2 rings (SSSR count). The highest BCUT2D eigenvalue weighted by atomic mass is 79.9. The number of aromatic nitrogens is 1. The highest BCUT2D eigenvalue weighted by Gasteiger charge is 2.02. The van der Waals surface area contributed by atoms with E-state index in [0.29, 0.717) is 16.8 Å². The summed E-state index contributed by atoms with van der Waals surface area (Å²) in [5.41, 5.74) is 1.20. The molecule has 0 spiro atoms. The normalized spacial score (nSPS) is 10.6. The van der Waals surface area contributed by atoms with Crippen molar-refractivity contribution in [2.24, 2.45) is 0 Å². The molecular formula is C9H6BrNO2. The molecular weight excluding hydrogens is 234 g/mol. The fraction of sp³-hybridized carbons (Fsp3) is 0.111. The van der Waals surface area contributed by atoms with E-state index in [1.165, 1.54) is 0 Å². The lowest BCUT2D eigenvalue weighted by molar-refractivity contribution is 0.547. The lowest BCUT2D eigenvalue weighted by Crippen LogP contribution is -2.05. The Morgan fingerprint density at radius 2 is 2.23 bits per heavy atom. The lowest BCUT2D eigenvalue weighted by atomic mass is 10.3. The zero-order valence-corrected chi connectivity index (χ0v) is 8.46. The Kier molecular flexibility index (Phi) is 1.92. The molecule has 1 aromatic heterocycles. The highest BCUT2D eigenvalue weighted by molar-refractivity contribution is 9.10. The molecule has 0 atom stereocenters. The van der Waals surface area contributed by atoms with Gasteiger partial charge in [0.25, 0.3) is 0 Å². The predicted molar refractivity (Wildman–Crippen MR) is 52.7 cm³/mol. The monoisotopic (exact) mass is 239 g/mol. The average Bonchev–Trinajstić information content (AvgIpc) is 2.08. The van der Waals surface area contributed by atoms with Crippen LogP contribution in [0.5, 0.6) is 0 Å². The van der Waals surface area contributed by atoms with E-state index in [2.05, 4.69) is 20.9 Å². The molecule has 13 heavy (non-hydrogen) atoms. The Balaban J connectivity index is 2.89. The van der Waals surface area contributed by atoms with Crippen molar-refractivity contribution in [3.63, 3.8) is 0 Å². The number of fused-ring (bicyclic) bond motifs is 1. The van der Waals surface area contributed by atoms with Crippen LogP contribution in [0.4, 0.5) is 0 Å². The molecule has 0 amide bonds. The van der Waals surface area contributed by atoms with E-state index in [9.17, 15) is 4.79 Å². The van der Waals surface area contributed by atoms with Crippen molar-refractivity contribution in [1.82, 2.24) is 4.98 Å². The van der Waals surface area contributed by atoms with Crippen LogP contribution >= 0.6 is 15.9 Å². The Labute approximate surface area is 82.5 Å². The Hall–Kier alpha value is -1.16. The highest BCUT2D eigenvalue weighted by Crippen LogP contribution is 2.16. The summed E-state index contributed by atoms with van der Waals surface area (Å²) in [5.74, 6) is 0. The summed E-state index contributed by atoms with van der Waals surface area (Å²) >= 11 is 3.32. The summed E-state index contributed by atoms with van der Waals surface area (Å²) in [4.78, 5) is 15.2. The fourth-order valence-electron chi connectivity index (χ4n) is 1.06. The quantitative estimate of drug-likeness (QED) is 0.709. The maximum Gasteiger partial charge on any atom is 0.357 e. The summed E-state index contributed by atoms with van der Waals surface area (Å²) in [6.07, 6.45) is 0. The molecule has 1 heterocycles. The van der Waals surface area contributed by atoms with Crippen LogP contribution < -0.4 is 5.63 Å². The third-order valence-corrected chi connectivity index (χ3v) is 2.20. The minimum Gasteiger partial charge on any atom is -0.420 e. The maximum atomic E-state index is 11.1. The second-order valence-corrected chi connectivity index (χ2v) is 3.61. The lowest BCUT2D eigenvalue weighted by Gasteiger charge is -1.96. The van der Waals surface area contributed by atoms with Gasteiger partial charge in [-0.2, -0.15) is 0 Å². The van der Waals surface area contributed by atoms with Crippen LogP contribution in [-0.4, -0.2) is 4.98 Å². The second kappa shape index (κ2) is 2.96. The van der Waals surface area contributed by atoms with Crippen molar-refractivity contribution in [2.45, 2.75) is 6.92 Å². The molecule has 0 saturated heterocycles. The van der Waals surface area contributed by atoms with Gasteiger partial charge >= 0.3 is 5.63 Å². The first-order valence-corrected chi connectivity index (χ1v) is 4.53. The van der Waals surface area contributed by atoms with Crippen LogP contribution in [0.25, 0.3) is 11.1 Å². The molecule has 66 valence electrons. The number of hydrogen-bond acceptors (Lipinski definition) is 3. The maximum absolute atomic E-state index is 11.1. The van der Waals surface area contributed by atoms with Crippen LogP contribution in [0, 0.1) is 6.92 Å². The molecule has 0 fully saturated rings. The SMILES string of the molecule is Cc1nc2cc(Br)ccc2oc1=O. The number of nitrogens with zero attached hydrogens (tertiary/aromatic N) is 1. The Bertz CT molecular complexity index is 518. The minimum absolute atomic E-state index is 0.380. The van der Waals surface area contributed by atoms with Gasteiger partial charge in [-0.25, -0.2) is 9.78 Å². The van der Waals surface area contributed by atoms with E-state index in [1.54, 1.807) is 13.0 Å². The summed E-state index contributed by atoms with van der Waals surface area (Å²) in [6, 6.07) is 5.33. The van der Waals surface area contributed by atoms with E-state index in [-0.39, 0.29) is 5.63 Å². The van der Waals surface area contributed by atoms with E-state index in [1.807, 2.05) is 12.1 Å². The number of rotatable bonds is 0. The van der Waals surface area contributed by atoms with Crippen LogP contribution in [-0.2, 0) is 0 Å². The minimum atomic E-state index is -0.380. The van der Waals surface area contributed by atoms with Gasteiger partial charge in [-0.15, -0.1) is 0 Å². The molecule has 1 aromatic carbocycles. The van der Waals surface area contributed by atoms with Gasteiger partial charge in [0.15, 0.2) is 5.58 Å². The first-order valence-electron chi connectivity index (χ1n) is 3.74. The smallest absolute Gasteiger partial charge is 0.357 e. The molecule has 0 unspecified atom stereocenters. The molecule has 2 aromatic rings. The van der Waals surface area contributed by atoms with Crippen molar-refractivity contribution >= 4 is 27.0 Å². The standard InChI is InChI=1S/C9H6BrNO2/c1-5-9(12)13-8-3-2-6(10)4-7(8)11-5/h2-4H,1H3. The number of halogens is 1. The van der Waals surface area contributed by atoms with E-state index in [4.69, 9.17) is 4.42 Å². The Morgan fingerprint density at radius 3 is 3.00 bits per heavy atom. The Morgan fingerprint density at radius 1 is 1.46 bits per heavy atom. The van der Waals surface area contributed by atoms with Gasteiger partial charge in [-0.3, -0.25) is 0 Å². The van der Waals surface area contributed by atoms with Gasteiger partial charge in [-0.05, 0) is 25.1 Å². The third-order valence-electron chi connectivity index (χ3n) is 1.71. The van der Waals surface area contributed by atoms with Gasteiger partial charge < -0.3 is 4.42 Å². The molecule has 0 N–H and O–H groups in total. The van der Waals surface area contributed by atoms with Crippen molar-refractivity contribution < 1.29 is 4.42 Å². The summed E-state index contributed by atoms with van der Waals surface area (Å²) in [5, 5.41) is 0.